The maximum Gasteiger partial charge on any atom is 0.258 e. The molecule has 0 bridgehead atoms. The van der Waals surface area contributed by atoms with Crippen molar-refractivity contribution in [3.63, 3.8) is 0 Å². The lowest BCUT2D eigenvalue weighted by Gasteiger charge is -2.15. The van der Waals surface area contributed by atoms with Crippen LogP contribution in [0.5, 0.6) is 0 Å². The van der Waals surface area contributed by atoms with E-state index in [0.717, 1.165) is 22.0 Å². The summed E-state index contributed by atoms with van der Waals surface area (Å²) in [6.07, 6.45) is 2.32. The molecule has 0 spiro atoms. The zero-order valence-electron chi connectivity index (χ0n) is 14.6. The van der Waals surface area contributed by atoms with Crippen molar-refractivity contribution >= 4 is 16.8 Å². The monoisotopic (exact) mass is 358 g/mol. The summed E-state index contributed by atoms with van der Waals surface area (Å²) < 4.78 is 5.47. The third-order valence-corrected chi connectivity index (χ3v) is 5.04. The fourth-order valence-electron chi connectivity index (χ4n) is 3.60. The molecular formula is C21H18N4O2. The zero-order chi connectivity index (χ0) is 18.2. The van der Waals surface area contributed by atoms with Gasteiger partial charge in [0.15, 0.2) is 5.82 Å². The molecule has 5 rings (SSSR count). The molecule has 1 N–H and O–H groups in total. The first kappa shape index (κ1) is 15.8. The first-order chi connectivity index (χ1) is 13.3. The zero-order valence-corrected chi connectivity index (χ0v) is 14.6. The van der Waals surface area contributed by atoms with Crippen molar-refractivity contribution in [2.75, 3.05) is 6.54 Å². The van der Waals surface area contributed by atoms with E-state index in [1.807, 2.05) is 65.7 Å². The van der Waals surface area contributed by atoms with Crippen molar-refractivity contribution in [1.29, 1.82) is 0 Å². The van der Waals surface area contributed by atoms with Crippen molar-refractivity contribution in [2.24, 2.45) is 0 Å². The third-order valence-electron chi connectivity index (χ3n) is 5.04. The van der Waals surface area contributed by atoms with Crippen molar-refractivity contribution in [3.8, 4) is 11.5 Å². The Balaban J connectivity index is 1.34. The molecule has 0 saturated carbocycles. The summed E-state index contributed by atoms with van der Waals surface area (Å²) in [5, 5.41) is 5.28. The predicted octanol–water partition coefficient (Wildman–Crippen LogP) is 3.73. The molecule has 1 unspecified atom stereocenters. The maximum atomic E-state index is 12.4. The van der Waals surface area contributed by atoms with E-state index in [-0.39, 0.29) is 11.8 Å². The number of benzene rings is 2. The molecule has 27 heavy (non-hydrogen) atoms. The standard InChI is InChI=1S/C21H18N4O2/c26-19-11-17(13-25(19)12-14-4-2-1-3-5-14)20-23-21(27-24-20)16-7-6-15-8-9-22-18(15)10-16/h1-10,17,22H,11-13H2. The summed E-state index contributed by atoms with van der Waals surface area (Å²) >= 11 is 0. The maximum absolute atomic E-state index is 12.4. The number of rotatable bonds is 4. The number of amides is 1. The van der Waals surface area contributed by atoms with Crippen molar-refractivity contribution < 1.29 is 9.32 Å². The highest BCUT2D eigenvalue weighted by molar-refractivity contribution is 5.83. The van der Waals surface area contributed by atoms with Crippen LogP contribution in [0.25, 0.3) is 22.4 Å². The minimum absolute atomic E-state index is 0.0343. The average Bonchev–Trinajstić information content (AvgIpc) is 3.42. The van der Waals surface area contributed by atoms with Crippen LogP contribution in [0.3, 0.4) is 0 Å². The van der Waals surface area contributed by atoms with Gasteiger partial charge in [0, 0.05) is 42.7 Å². The molecule has 0 aliphatic carbocycles. The van der Waals surface area contributed by atoms with E-state index < -0.39 is 0 Å². The van der Waals surface area contributed by atoms with Gasteiger partial charge >= 0.3 is 0 Å². The average molecular weight is 358 g/mol. The van der Waals surface area contributed by atoms with Gasteiger partial charge in [-0.15, -0.1) is 0 Å². The molecule has 6 heteroatoms. The number of H-pyrrole nitrogens is 1. The molecule has 1 amide bonds. The van der Waals surface area contributed by atoms with E-state index >= 15 is 0 Å². The molecule has 6 nitrogen and oxygen atoms in total. The van der Waals surface area contributed by atoms with Gasteiger partial charge in [0.05, 0.1) is 0 Å². The number of likely N-dealkylation sites (tertiary alicyclic amines) is 1. The van der Waals surface area contributed by atoms with E-state index in [0.29, 0.717) is 31.2 Å². The third kappa shape index (κ3) is 2.99. The lowest BCUT2D eigenvalue weighted by Crippen LogP contribution is -2.24. The second kappa shape index (κ2) is 6.39. The number of carbonyl (C=O) groups excluding carboxylic acids is 1. The smallest absolute Gasteiger partial charge is 0.258 e. The Hall–Kier alpha value is -3.41. The van der Waals surface area contributed by atoms with E-state index in [2.05, 4.69) is 15.1 Å². The topological polar surface area (TPSA) is 75.0 Å². The number of aromatic amines is 1. The van der Waals surface area contributed by atoms with E-state index in [9.17, 15) is 4.79 Å². The number of aromatic nitrogens is 3. The Morgan fingerprint density at radius 2 is 2.04 bits per heavy atom. The summed E-state index contributed by atoms with van der Waals surface area (Å²) in [5.41, 5.74) is 3.02. The molecule has 2 aromatic carbocycles. The molecule has 3 heterocycles. The number of hydrogen-bond acceptors (Lipinski definition) is 4. The van der Waals surface area contributed by atoms with Crippen molar-refractivity contribution in [3.05, 3.63) is 72.2 Å². The molecule has 4 aromatic rings. The van der Waals surface area contributed by atoms with E-state index in [4.69, 9.17) is 4.52 Å². The summed E-state index contributed by atoms with van der Waals surface area (Å²) in [5.74, 6) is 1.17. The first-order valence-corrected chi connectivity index (χ1v) is 8.99. The second-order valence-corrected chi connectivity index (χ2v) is 6.90. The highest BCUT2D eigenvalue weighted by atomic mass is 16.5. The van der Waals surface area contributed by atoms with Crippen molar-refractivity contribution in [1.82, 2.24) is 20.0 Å². The molecule has 2 aromatic heterocycles. The minimum Gasteiger partial charge on any atom is -0.361 e. The van der Waals surface area contributed by atoms with Crippen LogP contribution in [0.2, 0.25) is 0 Å². The molecule has 1 aliphatic rings. The SMILES string of the molecule is O=C1CC(c2noc(-c3ccc4cc[nH]c4c3)n2)CN1Cc1ccccc1. The second-order valence-electron chi connectivity index (χ2n) is 6.90. The molecular weight excluding hydrogens is 340 g/mol. The van der Waals surface area contributed by atoms with Gasteiger partial charge in [-0.25, -0.2) is 0 Å². The number of nitrogens with one attached hydrogen (secondary N) is 1. The quantitative estimate of drug-likeness (QED) is 0.603. The first-order valence-electron chi connectivity index (χ1n) is 8.99. The summed E-state index contributed by atoms with van der Waals surface area (Å²) in [6.45, 7) is 1.23. The lowest BCUT2D eigenvalue weighted by molar-refractivity contribution is -0.128. The van der Waals surface area contributed by atoms with Crippen molar-refractivity contribution in [2.45, 2.75) is 18.9 Å². The lowest BCUT2D eigenvalue weighted by atomic mass is 10.1. The van der Waals surface area contributed by atoms with E-state index in [1.165, 1.54) is 0 Å². The molecule has 134 valence electrons. The van der Waals surface area contributed by atoms with Gasteiger partial charge in [-0.05, 0) is 29.1 Å². The van der Waals surface area contributed by atoms with Gasteiger partial charge in [0.25, 0.3) is 5.89 Å². The number of carbonyl (C=O) groups is 1. The highest BCUT2D eigenvalue weighted by Gasteiger charge is 2.33. The van der Waals surface area contributed by atoms with Crippen LogP contribution in [0.1, 0.15) is 23.7 Å². The van der Waals surface area contributed by atoms with Crippen LogP contribution in [-0.4, -0.2) is 32.5 Å². The van der Waals surface area contributed by atoms with Gasteiger partial charge < -0.3 is 14.4 Å². The van der Waals surface area contributed by atoms with Crippen LogP contribution < -0.4 is 0 Å². The molecule has 1 saturated heterocycles. The fourth-order valence-corrected chi connectivity index (χ4v) is 3.60. The molecule has 1 aliphatic heterocycles. The Morgan fingerprint density at radius 3 is 2.93 bits per heavy atom. The molecule has 1 fully saturated rings. The van der Waals surface area contributed by atoms with Gasteiger partial charge in [-0.1, -0.05) is 41.6 Å². The van der Waals surface area contributed by atoms with Crippen LogP contribution in [0, 0.1) is 0 Å². The van der Waals surface area contributed by atoms with Crippen LogP contribution in [0.4, 0.5) is 0 Å². The van der Waals surface area contributed by atoms with Gasteiger partial charge in [-0.3, -0.25) is 4.79 Å². The predicted molar refractivity (Wildman–Crippen MR) is 101 cm³/mol. The molecule has 1 atom stereocenters. The van der Waals surface area contributed by atoms with Crippen LogP contribution in [0.15, 0.2) is 65.3 Å². The number of hydrogen-bond donors (Lipinski definition) is 1. The Kier molecular flexibility index (Phi) is 3.74. The fraction of sp³-hybridized carbons (Fsp3) is 0.190. The van der Waals surface area contributed by atoms with Crippen LogP contribution in [-0.2, 0) is 11.3 Å². The van der Waals surface area contributed by atoms with Gasteiger partial charge in [-0.2, -0.15) is 4.98 Å². The minimum atomic E-state index is -0.0343. The van der Waals surface area contributed by atoms with Crippen LogP contribution >= 0.6 is 0 Å². The Bertz CT molecular complexity index is 1100. The highest BCUT2D eigenvalue weighted by Crippen LogP contribution is 2.30. The number of nitrogens with zero attached hydrogens (tertiary/aromatic N) is 3. The largest absolute Gasteiger partial charge is 0.361 e. The normalized spacial score (nSPS) is 17.1. The number of fused-ring (bicyclic) bond motifs is 1. The van der Waals surface area contributed by atoms with Gasteiger partial charge in [0.1, 0.15) is 0 Å². The Morgan fingerprint density at radius 1 is 1.15 bits per heavy atom. The van der Waals surface area contributed by atoms with E-state index in [1.54, 1.807) is 0 Å². The summed E-state index contributed by atoms with van der Waals surface area (Å²) in [4.78, 5) is 22.0. The molecule has 0 radical (unpaired) electrons. The summed E-state index contributed by atoms with van der Waals surface area (Å²) in [7, 11) is 0. The Labute approximate surface area is 155 Å². The van der Waals surface area contributed by atoms with Gasteiger partial charge in [0.2, 0.25) is 5.91 Å². The summed E-state index contributed by atoms with van der Waals surface area (Å²) in [6, 6.07) is 18.0.